The molecule has 0 unspecified atom stereocenters. The topological polar surface area (TPSA) is 54.7 Å². The van der Waals surface area contributed by atoms with Gasteiger partial charge in [0, 0.05) is 17.8 Å². The number of aromatic nitrogens is 2. The van der Waals surface area contributed by atoms with Gasteiger partial charge in [0.05, 0.1) is 0 Å². The second-order valence-electron chi connectivity index (χ2n) is 5.28. The first kappa shape index (κ1) is 9.85. The summed E-state index contributed by atoms with van der Waals surface area (Å²) in [6.07, 6.45) is 3.92. The Labute approximate surface area is 95.1 Å². The van der Waals surface area contributed by atoms with E-state index in [4.69, 9.17) is 5.73 Å². The molecule has 16 heavy (non-hydrogen) atoms. The van der Waals surface area contributed by atoms with Crippen LogP contribution in [0.25, 0.3) is 11.0 Å². The maximum Gasteiger partial charge on any atom is 0.137 e. The third-order valence-corrected chi connectivity index (χ3v) is 4.12. The molecule has 0 radical (unpaired) electrons. The third-order valence-electron chi connectivity index (χ3n) is 4.12. The summed E-state index contributed by atoms with van der Waals surface area (Å²) >= 11 is 0. The van der Waals surface area contributed by atoms with Crippen molar-refractivity contribution >= 4 is 11.0 Å². The van der Waals surface area contributed by atoms with Gasteiger partial charge in [-0.05, 0) is 41.5 Å². The van der Waals surface area contributed by atoms with E-state index >= 15 is 0 Å². The van der Waals surface area contributed by atoms with E-state index in [1.54, 1.807) is 0 Å². The number of nitrogens with zero attached hydrogens (tertiary/aromatic N) is 1. The van der Waals surface area contributed by atoms with Crippen LogP contribution in [-0.4, -0.2) is 16.5 Å². The lowest BCUT2D eigenvalue weighted by molar-refractivity contribution is 0.559. The highest BCUT2D eigenvalue weighted by Gasteiger charge is 2.57. The van der Waals surface area contributed by atoms with Gasteiger partial charge in [-0.3, -0.25) is 0 Å². The molecule has 1 aliphatic carbocycles. The van der Waals surface area contributed by atoms with Gasteiger partial charge < -0.3 is 10.7 Å². The third kappa shape index (κ3) is 1.15. The van der Waals surface area contributed by atoms with Crippen molar-refractivity contribution in [3.8, 4) is 0 Å². The summed E-state index contributed by atoms with van der Waals surface area (Å²) in [5, 5.41) is 1.25. The number of pyridine rings is 1. The first-order valence-electron chi connectivity index (χ1n) is 5.78. The molecule has 2 atom stereocenters. The lowest BCUT2D eigenvalue weighted by Gasteiger charge is -2.00. The van der Waals surface area contributed by atoms with E-state index in [1.165, 1.54) is 10.9 Å². The van der Waals surface area contributed by atoms with Crippen molar-refractivity contribution in [2.45, 2.75) is 19.8 Å². The van der Waals surface area contributed by atoms with Crippen LogP contribution in [0.15, 0.2) is 24.5 Å². The van der Waals surface area contributed by atoms with Gasteiger partial charge in [-0.1, -0.05) is 13.8 Å². The first-order valence-corrected chi connectivity index (χ1v) is 5.78. The molecule has 3 rings (SSSR count). The Morgan fingerprint density at radius 1 is 1.50 bits per heavy atom. The molecule has 84 valence electrons. The predicted molar refractivity (Wildman–Crippen MR) is 65.2 cm³/mol. The van der Waals surface area contributed by atoms with E-state index in [9.17, 15) is 0 Å². The highest BCUT2D eigenvalue weighted by molar-refractivity contribution is 5.81. The fourth-order valence-corrected chi connectivity index (χ4v) is 3.04. The summed E-state index contributed by atoms with van der Waals surface area (Å²) in [5.74, 6) is 1.18. The van der Waals surface area contributed by atoms with Crippen molar-refractivity contribution in [1.82, 2.24) is 9.97 Å². The predicted octanol–water partition coefficient (Wildman–Crippen LogP) is 2.26. The minimum Gasteiger partial charge on any atom is -0.346 e. The molecule has 2 aromatic heterocycles. The molecule has 2 heterocycles. The van der Waals surface area contributed by atoms with Gasteiger partial charge in [0.1, 0.15) is 5.65 Å². The minimum atomic E-state index is 0.333. The fraction of sp³-hybridized carbons (Fsp3) is 0.462. The average molecular weight is 215 g/mol. The molecule has 3 nitrogen and oxygen atoms in total. The van der Waals surface area contributed by atoms with E-state index < -0.39 is 0 Å². The Kier molecular flexibility index (Phi) is 1.89. The number of H-pyrrole nitrogens is 1. The minimum absolute atomic E-state index is 0.333. The van der Waals surface area contributed by atoms with E-state index in [0.717, 1.165) is 12.2 Å². The van der Waals surface area contributed by atoms with Gasteiger partial charge in [-0.25, -0.2) is 4.98 Å². The molecule has 0 bridgehead atoms. The van der Waals surface area contributed by atoms with E-state index in [0.29, 0.717) is 17.3 Å². The Balaban J connectivity index is 2.08. The smallest absolute Gasteiger partial charge is 0.137 e. The zero-order valence-corrected chi connectivity index (χ0v) is 9.70. The van der Waals surface area contributed by atoms with Crippen LogP contribution in [-0.2, 0) is 0 Å². The van der Waals surface area contributed by atoms with Crippen molar-refractivity contribution in [2.24, 2.45) is 17.1 Å². The molecule has 3 heteroatoms. The van der Waals surface area contributed by atoms with Gasteiger partial charge >= 0.3 is 0 Å². The van der Waals surface area contributed by atoms with Crippen LogP contribution in [0.1, 0.15) is 25.3 Å². The van der Waals surface area contributed by atoms with Crippen molar-refractivity contribution < 1.29 is 0 Å². The molecule has 3 N–H and O–H groups in total. The molecule has 1 saturated carbocycles. The summed E-state index contributed by atoms with van der Waals surface area (Å²) in [6.45, 7) is 5.36. The first-order chi connectivity index (χ1) is 7.66. The fourth-order valence-electron chi connectivity index (χ4n) is 3.04. The summed E-state index contributed by atoms with van der Waals surface area (Å²) < 4.78 is 0. The van der Waals surface area contributed by atoms with Crippen LogP contribution in [0.5, 0.6) is 0 Å². The number of rotatable bonds is 2. The van der Waals surface area contributed by atoms with Gasteiger partial charge in [-0.2, -0.15) is 0 Å². The van der Waals surface area contributed by atoms with Crippen molar-refractivity contribution in [2.75, 3.05) is 6.54 Å². The van der Waals surface area contributed by atoms with Crippen LogP contribution < -0.4 is 5.73 Å². The van der Waals surface area contributed by atoms with Crippen LogP contribution in [0.2, 0.25) is 0 Å². The van der Waals surface area contributed by atoms with Crippen LogP contribution >= 0.6 is 0 Å². The zero-order chi connectivity index (χ0) is 11.3. The van der Waals surface area contributed by atoms with E-state index in [-0.39, 0.29) is 0 Å². The lowest BCUT2D eigenvalue weighted by Crippen LogP contribution is -2.05. The van der Waals surface area contributed by atoms with Crippen molar-refractivity contribution in [3.63, 3.8) is 0 Å². The molecular formula is C13H17N3. The van der Waals surface area contributed by atoms with Crippen molar-refractivity contribution in [1.29, 1.82) is 0 Å². The summed E-state index contributed by atoms with van der Waals surface area (Å²) in [4.78, 5) is 7.56. The molecule has 1 fully saturated rings. The number of hydrogen-bond donors (Lipinski definition) is 2. The molecule has 0 amide bonds. The number of fused-ring (bicyclic) bond motifs is 1. The van der Waals surface area contributed by atoms with Crippen LogP contribution in [0.3, 0.4) is 0 Å². The lowest BCUT2D eigenvalue weighted by atomic mass is 10.0. The second kappa shape index (κ2) is 3.08. The zero-order valence-electron chi connectivity index (χ0n) is 9.70. The molecule has 2 aromatic rings. The Hall–Kier alpha value is -1.35. The summed E-state index contributed by atoms with van der Waals surface area (Å²) in [7, 11) is 0. The summed E-state index contributed by atoms with van der Waals surface area (Å²) in [5.41, 5.74) is 8.52. The number of nitrogens with one attached hydrogen (secondary N) is 1. The van der Waals surface area contributed by atoms with E-state index in [2.05, 4.69) is 36.1 Å². The molecule has 0 aliphatic heterocycles. The van der Waals surface area contributed by atoms with Crippen LogP contribution in [0, 0.1) is 11.3 Å². The monoisotopic (exact) mass is 215 g/mol. The number of aromatic amines is 1. The Morgan fingerprint density at radius 2 is 2.31 bits per heavy atom. The second-order valence-corrected chi connectivity index (χ2v) is 5.28. The number of nitrogens with two attached hydrogens (primary N) is 1. The highest BCUT2D eigenvalue weighted by Crippen LogP contribution is 2.64. The molecular weight excluding hydrogens is 198 g/mol. The maximum absolute atomic E-state index is 5.82. The SMILES string of the molecule is CC1(C)[C@@H](CN)[C@@H]1c1c[nH]c2ncccc12. The quantitative estimate of drug-likeness (QED) is 0.807. The summed E-state index contributed by atoms with van der Waals surface area (Å²) in [6, 6.07) is 4.13. The maximum atomic E-state index is 5.82. The van der Waals surface area contributed by atoms with Crippen LogP contribution in [0.4, 0.5) is 0 Å². The number of hydrogen-bond acceptors (Lipinski definition) is 2. The molecule has 1 aliphatic rings. The Morgan fingerprint density at radius 3 is 3.00 bits per heavy atom. The molecule has 0 aromatic carbocycles. The molecule has 0 saturated heterocycles. The van der Waals surface area contributed by atoms with Gasteiger partial charge in [0.25, 0.3) is 0 Å². The largest absolute Gasteiger partial charge is 0.346 e. The Bertz CT molecular complexity index is 527. The highest BCUT2D eigenvalue weighted by atomic mass is 14.8. The van der Waals surface area contributed by atoms with E-state index in [1.807, 2.05) is 12.3 Å². The van der Waals surface area contributed by atoms with Crippen molar-refractivity contribution in [3.05, 3.63) is 30.1 Å². The van der Waals surface area contributed by atoms with Gasteiger partial charge in [0.2, 0.25) is 0 Å². The standard InChI is InChI=1S/C13H17N3/c1-13(2)10(6-14)11(13)9-7-16-12-8(9)4-3-5-15-12/h3-5,7,10-11H,6,14H2,1-2H3,(H,15,16)/t10-,11-/m0/s1. The molecule has 0 spiro atoms. The van der Waals surface area contributed by atoms with Gasteiger partial charge in [-0.15, -0.1) is 0 Å². The normalized spacial score (nSPS) is 27.2. The van der Waals surface area contributed by atoms with Gasteiger partial charge in [0.15, 0.2) is 0 Å². The average Bonchev–Trinajstić information content (AvgIpc) is 2.66.